The van der Waals surface area contributed by atoms with Crippen LogP contribution < -0.4 is 5.32 Å². The van der Waals surface area contributed by atoms with Gasteiger partial charge in [0.05, 0.1) is 6.54 Å². The molecule has 0 spiro atoms. The van der Waals surface area contributed by atoms with Gasteiger partial charge in [-0.1, -0.05) is 56.3 Å². The Balaban J connectivity index is 2.06. The van der Waals surface area contributed by atoms with Gasteiger partial charge in [-0.2, -0.15) is 4.98 Å². The number of hydrogen-bond donors (Lipinski definition) is 1. The third-order valence-corrected chi connectivity index (χ3v) is 2.93. The Morgan fingerprint density at radius 2 is 1.95 bits per heavy atom. The summed E-state index contributed by atoms with van der Waals surface area (Å²) in [5.74, 6) is 0.690. The van der Waals surface area contributed by atoms with Gasteiger partial charge in [-0.05, 0) is 17.4 Å². The van der Waals surface area contributed by atoms with Crippen LogP contribution in [0.3, 0.4) is 0 Å². The largest absolute Gasteiger partial charge is 0.343 e. The molecule has 0 fully saturated rings. The van der Waals surface area contributed by atoms with Gasteiger partial charge in [-0.25, -0.2) is 0 Å². The van der Waals surface area contributed by atoms with Gasteiger partial charge in [0.15, 0.2) is 5.82 Å². The Bertz CT molecular complexity index is 474. The van der Waals surface area contributed by atoms with Crippen molar-refractivity contribution in [2.24, 2.45) is 5.41 Å². The van der Waals surface area contributed by atoms with Gasteiger partial charge in [0.1, 0.15) is 0 Å². The average molecular weight is 259 g/mol. The highest BCUT2D eigenvalue weighted by atomic mass is 16.5. The van der Waals surface area contributed by atoms with Crippen LogP contribution in [0, 0.1) is 5.41 Å². The molecule has 1 atom stereocenters. The van der Waals surface area contributed by atoms with E-state index in [2.05, 4.69) is 60.5 Å². The quantitative estimate of drug-likeness (QED) is 0.894. The third kappa shape index (κ3) is 4.48. The SMILES string of the molecule is CC(C)(C)CC(NCc1ncon1)c1ccccc1. The molecule has 1 N–H and O–H groups in total. The molecule has 1 aromatic carbocycles. The fraction of sp³-hybridized carbons (Fsp3) is 0.467. The average Bonchev–Trinajstić information content (AvgIpc) is 2.87. The Labute approximate surface area is 114 Å². The molecule has 2 rings (SSSR count). The zero-order valence-corrected chi connectivity index (χ0v) is 11.8. The molecular weight excluding hydrogens is 238 g/mol. The molecule has 1 heterocycles. The lowest BCUT2D eigenvalue weighted by molar-refractivity contribution is 0.307. The van der Waals surface area contributed by atoms with E-state index in [0.29, 0.717) is 18.4 Å². The first-order valence-corrected chi connectivity index (χ1v) is 6.58. The fourth-order valence-corrected chi connectivity index (χ4v) is 2.09. The minimum Gasteiger partial charge on any atom is -0.343 e. The monoisotopic (exact) mass is 259 g/mol. The molecular formula is C15H21N3O. The predicted octanol–water partition coefficient (Wildman–Crippen LogP) is 3.34. The fourth-order valence-electron chi connectivity index (χ4n) is 2.09. The van der Waals surface area contributed by atoms with Crippen molar-refractivity contribution in [3.63, 3.8) is 0 Å². The number of rotatable bonds is 5. The van der Waals surface area contributed by atoms with E-state index in [9.17, 15) is 0 Å². The van der Waals surface area contributed by atoms with Crippen LogP contribution in [0.4, 0.5) is 0 Å². The molecule has 0 aliphatic heterocycles. The summed E-state index contributed by atoms with van der Waals surface area (Å²) in [6.07, 6.45) is 2.41. The summed E-state index contributed by atoms with van der Waals surface area (Å²) in [6.45, 7) is 7.36. The highest BCUT2D eigenvalue weighted by Gasteiger charge is 2.20. The van der Waals surface area contributed by atoms with Crippen molar-refractivity contribution < 1.29 is 4.52 Å². The Kier molecular flexibility index (Phi) is 4.32. The summed E-state index contributed by atoms with van der Waals surface area (Å²) in [5.41, 5.74) is 1.55. The van der Waals surface area contributed by atoms with E-state index in [1.54, 1.807) is 0 Å². The molecule has 0 aliphatic rings. The van der Waals surface area contributed by atoms with Gasteiger partial charge < -0.3 is 9.84 Å². The molecule has 0 amide bonds. The summed E-state index contributed by atoms with van der Waals surface area (Å²) in [4.78, 5) is 4.04. The number of nitrogens with one attached hydrogen (secondary N) is 1. The second kappa shape index (κ2) is 5.97. The summed E-state index contributed by atoms with van der Waals surface area (Å²) in [7, 11) is 0. The van der Waals surface area contributed by atoms with Crippen molar-refractivity contribution in [3.05, 3.63) is 48.1 Å². The first kappa shape index (κ1) is 13.7. The van der Waals surface area contributed by atoms with Gasteiger partial charge in [-0.15, -0.1) is 0 Å². The molecule has 1 aromatic heterocycles. The lowest BCUT2D eigenvalue weighted by atomic mass is 9.85. The Morgan fingerprint density at radius 1 is 1.21 bits per heavy atom. The number of aromatic nitrogens is 2. The molecule has 1 unspecified atom stereocenters. The van der Waals surface area contributed by atoms with Gasteiger partial charge in [0, 0.05) is 6.04 Å². The molecule has 0 radical (unpaired) electrons. The van der Waals surface area contributed by atoms with Crippen LogP contribution in [0.5, 0.6) is 0 Å². The van der Waals surface area contributed by atoms with Gasteiger partial charge in [0.25, 0.3) is 0 Å². The van der Waals surface area contributed by atoms with Crippen molar-refractivity contribution in [2.75, 3.05) is 0 Å². The maximum atomic E-state index is 4.75. The first-order chi connectivity index (χ1) is 9.04. The van der Waals surface area contributed by atoms with E-state index >= 15 is 0 Å². The maximum Gasteiger partial charge on any atom is 0.213 e. The van der Waals surface area contributed by atoms with Gasteiger partial charge >= 0.3 is 0 Å². The topological polar surface area (TPSA) is 51.0 Å². The van der Waals surface area contributed by atoms with E-state index in [1.165, 1.54) is 12.0 Å². The predicted molar refractivity (Wildman–Crippen MR) is 74.4 cm³/mol. The van der Waals surface area contributed by atoms with E-state index < -0.39 is 0 Å². The molecule has 0 bridgehead atoms. The molecule has 4 heteroatoms. The zero-order valence-electron chi connectivity index (χ0n) is 11.8. The normalized spacial score (nSPS) is 13.4. The molecule has 0 aliphatic carbocycles. The number of hydrogen-bond acceptors (Lipinski definition) is 4. The van der Waals surface area contributed by atoms with Crippen molar-refractivity contribution in [2.45, 2.75) is 39.8 Å². The van der Waals surface area contributed by atoms with Crippen molar-refractivity contribution >= 4 is 0 Å². The van der Waals surface area contributed by atoms with E-state index in [4.69, 9.17) is 4.52 Å². The number of benzene rings is 1. The number of nitrogens with zero attached hydrogens (tertiary/aromatic N) is 2. The Morgan fingerprint density at radius 3 is 2.53 bits per heavy atom. The van der Waals surface area contributed by atoms with Crippen LogP contribution in [0.2, 0.25) is 0 Å². The highest BCUT2D eigenvalue weighted by molar-refractivity contribution is 5.19. The zero-order chi connectivity index (χ0) is 13.7. The van der Waals surface area contributed by atoms with Gasteiger partial charge in [0.2, 0.25) is 6.39 Å². The molecule has 19 heavy (non-hydrogen) atoms. The Hall–Kier alpha value is -1.68. The summed E-state index contributed by atoms with van der Waals surface area (Å²) in [5, 5.41) is 7.34. The molecule has 0 saturated carbocycles. The molecule has 2 aromatic rings. The third-order valence-electron chi connectivity index (χ3n) is 2.93. The van der Waals surface area contributed by atoms with Crippen LogP contribution in [0.15, 0.2) is 41.2 Å². The summed E-state index contributed by atoms with van der Waals surface area (Å²) >= 11 is 0. The molecule has 4 nitrogen and oxygen atoms in total. The lowest BCUT2D eigenvalue weighted by Crippen LogP contribution is -2.25. The van der Waals surface area contributed by atoms with Crippen molar-refractivity contribution in [1.82, 2.24) is 15.5 Å². The lowest BCUT2D eigenvalue weighted by Gasteiger charge is -2.27. The summed E-state index contributed by atoms with van der Waals surface area (Å²) in [6, 6.07) is 10.8. The van der Waals surface area contributed by atoms with Crippen LogP contribution in [-0.2, 0) is 6.54 Å². The van der Waals surface area contributed by atoms with Crippen molar-refractivity contribution in [3.8, 4) is 0 Å². The summed E-state index contributed by atoms with van der Waals surface area (Å²) < 4.78 is 4.75. The standard InChI is InChI=1S/C15H21N3O/c1-15(2,3)9-13(12-7-5-4-6-8-12)16-10-14-17-11-19-18-14/h4-8,11,13,16H,9-10H2,1-3H3. The maximum absolute atomic E-state index is 4.75. The molecule has 102 valence electrons. The van der Waals surface area contributed by atoms with Crippen LogP contribution in [-0.4, -0.2) is 10.1 Å². The van der Waals surface area contributed by atoms with Crippen LogP contribution >= 0.6 is 0 Å². The second-order valence-corrected chi connectivity index (χ2v) is 5.96. The second-order valence-electron chi connectivity index (χ2n) is 5.96. The van der Waals surface area contributed by atoms with Crippen LogP contribution in [0.1, 0.15) is 44.6 Å². The van der Waals surface area contributed by atoms with E-state index in [1.807, 2.05) is 6.07 Å². The van der Waals surface area contributed by atoms with E-state index in [-0.39, 0.29) is 5.41 Å². The first-order valence-electron chi connectivity index (χ1n) is 6.58. The van der Waals surface area contributed by atoms with E-state index in [0.717, 1.165) is 6.42 Å². The minimum absolute atomic E-state index is 0.255. The van der Waals surface area contributed by atoms with Gasteiger partial charge in [-0.3, -0.25) is 0 Å². The molecule has 0 saturated heterocycles. The smallest absolute Gasteiger partial charge is 0.213 e. The van der Waals surface area contributed by atoms with Crippen LogP contribution in [0.25, 0.3) is 0 Å². The van der Waals surface area contributed by atoms with Crippen molar-refractivity contribution in [1.29, 1.82) is 0 Å². The minimum atomic E-state index is 0.255. The highest BCUT2D eigenvalue weighted by Crippen LogP contribution is 2.29.